The Morgan fingerprint density at radius 1 is 1.29 bits per heavy atom. The van der Waals surface area contributed by atoms with Crippen LogP contribution in [0, 0.1) is 11.6 Å². The topological polar surface area (TPSA) is 73.2 Å². The van der Waals surface area contributed by atoms with Gasteiger partial charge in [-0.3, -0.25) is 14.2 Å². The number of methoxy groups -OCH3 is 1. The van der Waals surface area contributed by atoms with E-state index in [4.69, 9.17) is 16.3 Å². The predicted octanol–water partition coefficient (Wildman–Crippen LogP) is 4.48. The molecule has 0 fully saturated rings. The van der Waals surface area contributed by atoms with Crippen molar-refractivity contribution in [1.29, 1.82) is 0 Å². The number of halogens is 3. The molecule has 0 bridgehead atoms. The smallest absolute Gasteiger partial charge is 0.262 e. The molecule has 1 amide bonds. The van der Waals surface area contributed by atoms with E-state index in [-0.39, 0.29) is 11.2 Å². The van der Waals surface area contributed by atoms with Gasteiger partial charge in [0.15, 0.2) is 5.16 Å². The second-order valence-corrected chi connectivity index (χ2v) is 8.48. The van der Waals surface area contributed by atoms with E-state index in [1.807, 2.05) is 0 Å². The highest BCUT2D eigenvalue weighted by Gasteiger charge is 2.21. The first-order valence-corrected chi connectivity index (χ1v) is 10.7. The first-order valence-electron chi connectivity index (χ1n) is 9.41. The van der Waals surface area contributed by atoms with Crippen molar-refractivity contribution < 1.29 is 18.3 Å². The Labute approximate surface area is 186 Å². The Morgan fingerprint density at radius 2 is 2.06 bits per heavy atom. The highest BCUT2D eigenvalue weighted by atomic mass is 35.5. The van der Waals surface area contributed by atoms with Crippen LogP contribution in [0.3, 0.4) is 0 Å². The number of benzene rings is 2. The molecule has 1 N–H and O–H groups in total. The summed E-state index contributed by atoms with van der Waals surface area (Å²) in [7, 11) is 1.57. The fourth-order valence-corrected chi connectivity index (χ4v) is 3.97. The molecule has 0 radical (unpaired) electrons. The average molecular weight is 468 g/mol. The molecular weight excluding hydrogens is 448 g/mol. The van der Waals surface area contributed by atoms with Crippen LogP contribution in [0.5, 0.6) is 0 Å². The molecule has 10 heteroatoms. The second kappa shape index (κ2) is 10.2. The molecule has 1 atom stereocenters. The lowest BCUT2D eigenvalue weighted by Gasteiger charge is -2.16. The van der Waals surface area contributed by atoms with E-state index in [2.05, 4.69) is 10.3 Å². The molecule has 0 aliphatic rings. The number of anilines is 1. The highest BCUT2D eigenvalue weighted by molar-refractivity contribution is 8.00. The standard InChI is InChI=1S/C21H20ClF2N3O3S/c1-12(19(28)25-18-11-14(23)5-7-16(18)24)31-21-26-17-10-13(22)4-6-15(17)20(29)27(21)8-3-9-30-2/h4-7,10-12H,3,8-9H2,1-2H3,(H,25,28). The van der Waals surface area contributed by atoms with Crippen LogP contribution < -0.4 is 10.9 Å². The number of nitrogens with zero attached hydrogens (tertiary/aromatic N) is 2. The van der Waals surface area contributed by atoms with E-state index in [1.165, 1.54) is 4.57 Å². The van der Waals surface area contributed by atoms with Crippen LogP contribution in [-0.4, -0.2) is 34.4 Å². The summed E-state index contributed by atoms with van der Waals surface area (Å²) in [5, 5.41) is 2.78. The van der Waals surface area contributed by atoms with Crippen molar-refractivity contribution in [2.24, 2.45) is 0 Å². The summed E-state index contributed by atoms with van der Waals surface area (Å²) in [6.45, 7) is 2.38. The molecule has 164 valence electrons. The molecule has 0 saturated heterocycles. The van der Waals surface area contributed by atoms with Gasteiger partial charge in [0.2, 0.25) is 5.91 Å². The van der Waals surface area contributed by atoms with Gasteiger partial charge in [-0.1, -0.05) is 23.4 Å². The van der Waals surface area contributed by atoms with Crippen LogP contribution in [-0.2, 0) is 16.1 Å². The van der Waals surface area contributed by atoms with E-state index in [9.17, 15) is 18.4 Å². The molecule has 3 rings (SSSR count). The van der Waals surface area contributed by atoms with Gasteiger partial charge in [-0.15, -0.1) is 0 Å². The number of rotatable bonds is 8. The molecule has 1 aromatic heterocycles. The van der Waals surface area contributed by atoms with E-state index < -0.39 is 22.8 Å². The molecule has 2 aromatic carbocycles. The van der Waals surface area contributed by atoms with Crippen molar-refractivity contribution in [2.75, 3.05) is 19.0 Å². The van der Waals surface area contributed by atoms with Crippen LogP contribution in [0.4, 0.5) is 14.5 Å². The Morgan fingerprint density at radius 3 is 2.81 bits per heavy atom. The number of thioether (sulfide) groups is 1. The predicted molar refractivity (Wildman–Crippen MR) is 118 cm³/mol. The first kappa shape index (κ1) is 23.2. The van der Waals surface area contributed by atoms with Crippen LogP contribution in [0.15, 0.2) is 46.3 Å². The Hall–Kier alpha value is -2.49. The van der Waals surface area contributed by atoms with E-state index in [1.54, 1.807) is 32.2 Å². The maximum Gasteiger partial charge on any atom is 0.262 e. The van der Waals surface area contributed by atoms with Gasteiger partial charge in [0.25, 0.3) is 5.56 Å². The monoisotopic (exact) mass is 467 g/mol. The van der Waals surface area contributed by atoms with Crippen LogP contribution in [0.25, 0.3) is 10.9 Å². The third-order valence-corrected chi connectivity index (χ3v) is 5.78. The van der Waals surface area contributed by atoms with Gasteiger partial charge in [0.1, 0.15) is 11.6 Å². The third-order valence-electron chi connectivity index (χ3n) is 4.45. The van der Waals surface area contributed by atoms with Gasteiger partial charge >= 0.3 is 0 Å². The van der Waals surface area contributed by atoms with Crippen molar-refractivity contribution in [1.82, 2.24) is 9.55 Å². The zero-order valence-corrected chi connectivity index (χ0v) is 18.4. The fraction of sp³-hybridized carbons (Fsp3) is 0.286. The van der Waals surface area contributed by atoms with Gasteiger partial charge < -0.3 is 10.1 Å². The summed E-state index contributed by atoms with van der Waals surface area (Å²) in [5.74, 6) is -1.97. The molecule has 3 aromatic rings. The fourth-order valence-electron chi connectivity index (χ4n) is 2.87. The van der Waals surface area contributed by atoms with Crippen molar-refractivity contribution in [3.63, 3.8) is 0 Å². The molecule has 1 unspecified atom stereocenters. The average Bonchev–Trinajstić information content (AvgIpc) is 2.72. The maximum atomic E-state index is 13.9. The number of ether oxygens (including phenoxy) is 1. The molecule has 0 aliphatic heterocycles. The number of carbonyl (C=O) groups excluding carboxylic acids is 1. The van der Waals surface area contributed by atoms with Crippen molar-refractivity contribution in [2.45, 2.75) is 30.3 Å². The summed E-state index contributed by atoms with van der Waals surface area (Å²) < 4.78 is 33.8. The van der Waals surface area contributed by atoms with Gasteiger partial charge in [-0.2, -0.15) is 0 Å². The lowest BCUT2D eigenvalue weighted by atomic mass is 10.2. The lowest BCUT2D eigenvalue weighted by Crippen LogP contribution is -2.27. The second-order valence-electron chi connectivity index (χ2n) is 6.73. The molecule has 0 aliphatic carbocycles. The molecule has 31 heavy (non-hydrogen) atoms. The molecule has 1 heterocycles. The minimum atomic E-state index is -0.750. The van der Waals surface area contributed by atoms with E-state index in [0.717, 1.165) is 30.0 Å². The zero-order valence-electron chi connectivity index (χ0n) is 16.8. The largest absolute Gasteiger partial charge is 0.385 e. The summed E-state index contributed by atoms with van der Waals surface area (Å²) in [5.41, 5.74) is -0.107. The Bertz CT molecular complexity index is 1170. The molecular formula is C21H20ClF2N3O3S. The van der Waals surface area contributed by atoms with Crippen LogP contribution in [0.2, 0.25) is 5.02 Å². The van der Waals surface area contributed by atoms with Crippen molar-refractivity contribution >= 4 is 45.9 Å². The summed E-state index contributed by atoms with van der Waals surface area (Å²) in [6.07, 6.45) is 0.569. The zero-order chi connectivity index (χ0) is 22.5. The van der Waals surface area contributed by atoms with E-state index in [0.29, 0.717) is 40.7 Å². The Kier molecular flexibility index (Phi) is 7.64. The summed E-state index contributed by atoms with van der Waals surface area (Å²) in [4.78, 5) is 30.1. The maximum absolute atomic E-state index is 13.9. The van der Waals surface area contributed by atoms with Crippen molar-refractivity contribution in [3.8, 4) is 0 Å². The van der Waals surface area contributed by atoms with Gasteiger partial charge in [-0.25, -0.2) is 13.8 Å². The van der Waals surface area contributed by atoms with E-state index >= 15 is 0 Å². The molecule has 0 spiro atoms. The minimum Gasteiger partial charge on any atom is -0.385 e. The number of hydrogen-bond acceptors (Lipinski definition) is 5. The molecule has 6 nitrogen and oxygen atoms in total. The lowest BCUT2D eigenvalue weighted by molar-refractivity contribution is -0.115. The quantitative estimate of drug-likeness (QED) is 0.300. The normalized spacial score (nSPS) is 12.2. The Balaban J connectivity index is 1.90. The number of aromatic nitrogens is 2. The first-order chi connectivity index (χ1) is 14.8. The number of amides is 1. The summed E-state index contributed by atoms with van der Waals surface area (Å²) in [6, 6.07) is 7.60. The number of hydrogen-bond donors (Lipinski definition) is 1. The number of carbonyl (C=O) groups is 1. The summed E-state index contributed by atoms with van der Waals surface area (Å²) >= 11 is 7.08. The van der Waals surface area contributed by atoms with Crippen molar-refractivity contribution in [3.05, 3.63) is 63.4 Å². The van der Waals surface area contributed by atoms with Gasteiger partial charge in [-0.05, 0) is 43.7 Å². The number of nitrogens with one attached hydrogen (secondary N) is 1. The van der Waals surface area contributed by atoms with Gasteiger partial charge in [0.05, 0.1) is 21.8 Å². The third kappa shape index (κ3) is 5.61. The number of fused-ring (bicyclic) bond motifs is 1. The van der Waals surface area contributed by atoms with Crippen LogP contribution in [0.1, 0.15) is 13.3 Å². The molecule has 0 saturated carbocycles. The van der Waals surface area contributed by atoms with Gasteiger partial charge in [0, 0.05) is 31.4 Å². The highest BCUT2D eigenvalue weighted by Crippen LogP contribution is 2.25. The SMILES string of the molecule is COCCCn1c(SC(C)C(=O)Nc2cc(F)ccc2F)nc2cc(Cl)ccc2c1=O. The van der Waals surface area contributed by atoms with Crippen LogP contribution >= 0.6 is 23.4 Å². The minimum absolute atomic E-state index is 0.256.